The van der Waals surface area contributed by atoms with E-state index in [1.165, 1.54) is 27.4 Å². The summed E-state index contributed by atoms with van der Waals surface area (Å²) in [6.07, 6.45) is 2.11. The van der Waals surface area contributed by atoms with Crippen LogP contribution in [-0.4, -0.2) is 83.1 Å². The minimum atomic E-state index is -3.68. The maximum absolute atomic E-state index is 13.0. The third kappa shape index (κ3) is 3.78. The molecule has 2 aliphatic rings. The number of sulfonamides is 1. The molecule has 1 aromatic heterocycles. The average Bonchev–Trinajstić information content (AvgIpc) is 3.10. The molecule has 0 radical (unpaired) electrons. The van der Waals surface area contributed by atoms with Gasteiger partial charge in [0, 0.05) is 38.7 Å². The molecule has 0 unspecified atom stereocenters. The number of nitrogens with zero attached hydrogens (tertiary/aromatic N) is 6. The van der Waals surface area contributed by atoms with Gasteiger partial charge in [-0.25, -0.2) is 13.1 Å². The molecular weight excluding hydrogens is 388 g/mol. The van der Waals surface area contributed by atoms with Crippen molar-refractivity contribution < 1.29 is 22.7 Å². The third-order valence-electron chi connectivity index (χ3n) is 4.64. The molecule has 1 aromatic carbocycles. The van der Waals surface area contributed by atoms with Gasteiger partial charge in [0.1, 0.15) is 12.9 Å². The van der Waals surface area contributed by atoms with Gasteiger partial charge in [-0.3, -0.25) is 4.79 Å². The third-order valence-corrected chi connectivity index (χ3v) is 6.53. The Labute approximate surface area is 161 Å². The van der Waals surface area contributed by atoms with E-state index in [0.29, 0.717) is 37.8 Å². The lowest BCUT2D eigenvalue weighted by Crippen LogP contribution is -2.51. The topological polar surface area (TPSA) is 120 Å². The van der Waals surface area contributed by atoms with Gasteiger partial charge < -0.3 is 14.4 Å². The number of hydrogen-bond acceptors (Lipinski definition) is 8. The summed E-state index contributed by atoms with van der Waals surface area (Å²) < 4.78 is 39.8. The molecule has 1 amide bonds. The molecule has 1 saturated heterocycles. The van der Waals surface area contributed by atoms with E-state index >= 15 is 0 Å². The molecule has 12 heteroatoms. The Morgan fingerprint density at radius 3 is 2.54 bits per heavy atom. The second-order valence-corrected chi connectivity index (χ2v) is 8.39. The van der Waals surface area contributed by atoms with Crippen LogP contribution in [0.4, 0.5) is 0 Å². The minimum absolute atomic E-state index is 0.0297. The number of hydrogen-bond donors (Lipinski definition) is 0. The smallest absolute Gasteiger partial charge is 0.244 e. The first-order valence-corrected chi connectivity index (χ1v) is 10.4. The molecule has 150 valence electrons. The number of tetrazole rings is 1. The zero-order valence-electron chi connectivity index (χ0n) is 15.1. The zero-order chi connectivity index (χ0) is 19.6. The largest absolute Gasteiger partial charge is 0.490 e. The molecule has 2 aliphatic heterocycles. The number of rotatable bonds is 4. The Bertz CT molecular complexity index is 940. The van der Waals surface area contributed by atoms with Crippen molar-refractivity contribution in [3.63, 3.8) is 0 Å². The second-order valence-electron chi connectivity index (χ2n) is 6.45. The standard InChI is InChI=1S/C16H20N6O5S/c23-16(11-21-12-17-18-19-21)20-4-6-22(7-5-20)28(24,25)13-2-3-14-15(10-13)27-9-1-8-26-14/h2-3,10,12H,1,4-9,11H2. The van der Waals surface area contributed by atoms with Gasteiger partial charge in [-0.15, -0.1) is 5.10 Å². The summed E-state index contributed by atoms with van der Waals surface area (Å²) in [5, 5.41) is 10.6. The molecule has 0 bridgehead atoms. The summed E-state index contributed by atoms with van der Waals surface area (Å²) in [6, 6.07) is 4.66. The van der Waals surface area contributed by atoms with Crippen LogP contribution < -0.4 is 9.47 Å². The first-order valence-electron chi connectivity index (χ1n) is 8.92. The van der Waals surface area contributed by atoms with Crippen LogP contribution >= 0.6 is 0 Å². The molecule has 0 atom stereocenters. The number of piperazine rings is 1. The Morgan fingerprint density at radius 2 is 1.82 bits per heavy atom. The fourth-order valence-corrected chi connectivity index (χ4v) is 4.56. The first-order chi connectivity index (χ1) is 13.5. The molecule has 11 nitrogen and oxygen atoms in total. The number of amides is 1. The monoisotopic (exact) mass is 408 g/mol. The van der Waals surface area contributed by atoms with E-state index in [2.05, 4.69) is 15.5 Å². The highest BCUT2D eigenvalue weighted by Crippen LogP contribution is 2.33. The first kappa shape index (κ1) is 18.6. The van der Waals surface area contributed by atoms with E-state index in [4.69, 9.17) is 9.47 Å². The molecule has 0 saturated carbocycles. The molecule has 3 heterocycles. The van der Waals surface area contributed by atoms with Crippen molar-refractivity contribution in [1.29, 1.82) is 0 Å². The van der Waals surface area contributed by atoms with E-state index in [1.54, 1.807) is 11.0 Å². The van der Waals surface area contributed by atoms with Gasteiger partial charge in [0.2, 0.25) is 15.9 Å². The second kappa shape index (κ2) is 7.72. The predicted molar refractivity (Wildman–Crippen MR) is 95.2 cm³/mol. The molecule has 0 N–H and O–H groups in total. The van der Waals surface area contributed by atoms with Crippen LogP contribution in [0.5, 0.6) is 11.5 Å². The number of carbonyl (C=O) groups excluding carboxylic acids is 1. The van der Waals surface area contributed by atoms with Crippen molar-refractivity contribution in [3.05, 3.63) is 24.5 Å². The molecule has 4 rings (SSSR count). The molecular formula is C16H20N6O5S. The summed E-state index contributed by atoms with van der Waals surface area (Å²) in [4.78, 5) is 14.1. The van der Waals surface area contributed by atoms with Crippen LogP contribution in [0.3, 0.4) is 0 Å². The van der Waals surface area contributed by atoms with Gasteiger partial charge >= 0.3 is 0 Å². The maximum Gasteiger partial charge on any atom is 0.244 e. The Morgan fingerprint density at radius 1 is 1.07 bits per heavy atom. The fraction of sp³-hybridized carbons (Fsp3) is 0.500. The van der Waals surface area contributed by atoms with Crippen molar-refractivity contribution in [3.8, 4) is 11.5 Å². The van der Waals surface area contributed by atoms with Crippen LogP contribution in [0.25, 0.3) is 0 Å². The summed E-state index contributed by atoms with van der Waals surface area (Å²) in [6.45, 7) is 2.12. The van der Waals surface area contributed by atoms with Crippen molar-refractivity contribution in [2.24, 2.45) is 0 Å². The van der Waals surface area contributed by atoms with Gasteiger partial charge in [-0.2, -0.15) is 4.31 Å². The fourth-order valence-electron chi connectivity index (χ4n) is 3.12. The Hall–Kier alpha value is -2.73. The van der Waals surface area contributed by atoms with Crippen LogP contribution in [0, 0.1) is 0 Å². The van der Waals surface area contributed by atoms with E-state index in [0.717, 1.165) is 6.42 Å². The van der Waals surface area contributed by atoms with Gasteiger partial charge in [0.05, 0.1) is 18.1 Å². The highest BCUT2D eigenvalue weighted by atomic mass is 32.2. The summed E-state index contributed by atoms with van der Waals surface area (Å²) in [5.74, 6) is 0.836. The number of ether oxygens (including phenoxy) is 2. The number of carbonyl (C=O) groups is 1. The van der Waals surface area contributed by atoms with Crippen molar-refractivity contribution in [1.82, 2.24) is 29.4 Å². The zero-order valence-corrected chi connectivity index (χ0v) is 15.9. The molecule has 0 spiro atoms. The van der Waals surface area contributed by atoms with Crippen molar-refractivity contribution in [2.45, 2.75) is 17.9 Å². The lowest BCUT2D eigenvalue weighted by molar-refractivity contribution is -0.133. The SMILES string of the molecule is O=C(Cn1cnnn1)N1CCN(S(=O)(=O)c2ccc3c(c2)OCCCO3)CC1. The van der Waals surface area contributed by atoms with Crippen LogP contribution in [0.1, 0.15) is 6.42 Å². The Balaban J connectivity index is 1.42. The molecule has 2 aromatic rings. The van der Waals surface area contributed by atoms with E-state index < -0.39 is 10.0 Å². The van der Waals surface area contributed by atoms with E-state index in [1.807, 2.05) is 0 Å². The number of fused-ring (bicyclic) bond motifs is 1. The normalized spacial score (nSPS) is 17.9. The lowest BCUT2D eigenvalue weighted by Gasteiger charge is -2.34. The van der Waals surface area contributed by atoms with Crippen molar-refractivity contribution in [2.75, 3.05) is 39.4 Å². The lowest BCUT2D eigenvalue weighted by atomic mass is 10.3. The minimum Gasteiger partial charge on any atom is -0.490 e. The average molecular weight is 408 g/mol. The number of aromatic nitrogens is 4. The predicted octanol–water partition coefficient (Wildman–Crippen LogP) is -0.632. The van der Waals surface area contributed by atoms with Gasteiger partial charge in [-0.05, 0) is 22.6 Å². The van der Waals surface area contributed by atoms with Crippen LogP contribution in [0.15, 0.2) is 29.4 Å². The van der Waals surface area contributed by atoms with Gasteiger partial charge in [0.25, 0.3) is 0 Å². The maximum atomic E-state index is 13.0. The van der Waals surface area contributed by atoms with Crippen LogP contribution in [0.2, 0.25) is 0 Å². The summed E-state index contributed by atoms with van der Waals surface area (Å²) >= 11 is 0. The molecule has 0 aliphatic carbocycles. The van der Waals surface area contributed by atoms with E-state index in [9.17, 15) is 13.2 Å². The van der Waals surface area contributed by atoms with E-state index in [-0.39, 0.29) is 30.4 Å². The molecule has 28 heavy (non-hydrogen) atoms. The Kier molecular flexibility index (Phi) is 5.13. The van der Waals surface area contributed by atoms with Gasteiger partial charge in [0.15, 0.2) is 11.5 Å². The molecule has 1 fully saturated rings. The highest BCUT2D eigenvalue weighted by Gasteiger charge is 2.31. The summed E-state index contributed by atoms with van der Waals surface area (Å²) in [5.41, 5.74) is 0. The number of benzene rings is 1. The quantitative estimate of drug-likeness (QED) is 0.656. The summed E-state index contributed by atoms with van der Waals surface area (Å²) in [7, 11) is -3.68. The highest BCUT2D eigenvalue weighted by molar-refractivity contribution is 7.89. The van der Waals surface area contributed by atoms with Crippen LogP contribution in [-0.2, 0) is 21.4 Å². The van der Waals surface area contributed by atoms with Crippen molar-refractivity contribution >= 4 is 15.9 Å². The van der Waals surface area contributed by atoms with Gasteiger partial charge in [-0.1, -0.05) is 0 Å².